The summed E-state index contributed by atoms with van der Waals surface area (Å²) < 4.78 is 7.05. The van der Waals surface area contributed by atoms with Gasteiger partial charge >= 0.3 is 51.4 Å². The molecule has 0 fully saturated rings. The second kappa shape index (κ2) is 10.2. The van der Waals surface area contributed by atoms with Crippen LogP contribution in [-0.4, -0.2) is 15.5 Å². The van der Waals surface area contributed by atoms with E-state index in [0.29, 0.717) is 11.3 Å². The molecule has 34 heavy (non-hydrogen) atoms. The summed E-state index contributed by atoms with van der Waals surface area (Å²) >= 11 is 0. The largest absolute Gasteiger partial charge is 1.00 e. The maximum absolute atomic E-state index is 13.1. The van der Waals surface area contributed by atoms with Gasteiger partial charge in [-0.3, -0.25) is 9.36 Å². The number of carboxylic acid groups (broad SMARTS) is 1. The number of nitrogens with zero attached hydrogens (tertiary/aromatic N) is 2. The van der Waals surface area contributed by atoms with Gasteiger partial charge in [-0.05, 0) is 36.2 Å². The fourth-order valence-corrected chi connectivity index (χ4v) is 4.01. The zero-order chi connectivity index (χ0) is 22.9. The molecular weight excluding hydrogens is 457 g/mol. The van der Waals surface area contributed by atoms with Crippen LogP contribution in [0.15, 0.2) is 88.2 Å². The number of carboxylic acids is 1. The van der Waals surface area contributed by atoms with Crippen molar-refractivity contribution in [2.45, 2.75) is 19.5 Å². The van der Waals surface area contributed by atoms with E-state index in [1.165, 1.54) is 10.8 Å². The molecular formula is C26H20KN3O4. The van der Waals surface area contributed by atoms with Crippen LogP contribution in [0.1, 0.15) is 18.5 Å². The Hall–Kier alpha value is -2.75. The second-order valence-corrected chi connectivity index (χ2v) is 7.84. The van der Waals surface area contributed by atoms with Crippen molar-refractivity contribution in [3.8, 4) is 11.3 Å². The Balaban J connectivity index is 0.00000274. The van der Waals surface area contributed by atoms with Crippen molar-refractivity contribution in [3.05, 3.63) is 94.9 Å². The van der Waals surface area contributed by atoms with E-state index in [4.69, 9.17) is 4.42 Å². The fourth-order valence-electron chi connectivity index (χ4n) is 4.01. The van der Waals surface area contributed by atoms with Crippen molar-refractivity contribution in [1.29, 1.82) is 0 Å². The van der Waals surface area contributed by atoms with Gasteiger partial charge < -0.3 is 19.6 Å². The van der Waals surface area contributed by atoms with E-state index >= 15 is 0 Å². The summed E-state index contributed by atoms with van der Waals surface area (Å²) in [5.41, 5.74) is 3.12. The van der Waals surface area contributed by atoms with Gasteiger partial charge in [0.1, 0.15) is 11.2 Å². The molecule has 8 heteroatoms. The molecule has 3 aromatic carbocycles. The number of benzene rings is 3. The summed E-state index contributed by atoms with van der Waals surface area (Å²) in [4.78, 5) is 28.8. The normalized spacial score (nSPS) is 11.8. The van der Waals surface area contributed by atoms with E-state index in [0.717, 1.165) is 27.5 Å². The number of hydrogen-bond donors (Lipinski definition) is 1. The number of hydrogen-bond acceptors (Lipinski definition) is 6. The molecule has 0 unspecified atom stereocenters. The minimum absolute atomic E-state index is 0. The maximum atomic E-state index is 13.1. The molecule has 0 aliphatic heterocycles. The van der Waals surface area contributed by atoms with E-state index in [9.17, 15) is 14.7 Å². The summed E-state index contributed by atoms with van der Waals surface area (Å²) in [7, 11) is 0. The minimum atomic E-state index is -1.35. The number of furan rings is 1. The molecule has 0 spiro atoms. The van der Waals surface area contributed by atoms with E-state index in [1.54, 1.807) is 12.1 Å². The SMILES string of the molecule is C[C@H](Nc1ncc(-c2ccccc2)n(CC(=O)[O-])c1=O)c1ccc2oc3ccccc3c2c1.[K+]. The molecule has 164 valence electrons. The molecule has 5 rings (SSSR count). The number of aromatic nitrogens is 2. The first-order chi connectivity index (χ1) is 16.0. The van der Waals surface area contributed by atoms with Crippen LogP contribution in [0.4, 0.5) is 5.82 Å². The summed E-state index contributed by atoms with van der Waals surface area (Å²) in [6, 6.07) is 22.5. The molecule has 0 aliphatic rings. The van der Waals surface area contributed by atoms with Gasteiger partial charge in [0.15, 0.2) is 5.82 Å². The van der Waals surface area contributed by atoms with Gasteiger partial charge in [0.25, 0.3) is 5.56 Å². The predicted molar refractivity (Wildman–Crippen MR) is 125 cm³/mol. The molecule has 0 saturated carbocycles. The van der Waals surface area contributed by atoms with E-state index in [-0.39, 0.29) is 63.2 Å². The number of fused-ring (bicyclic) bond motifs is 3. The van der Waals surface area contributed by atoms with Crippen molar-refractivity contribution in [1.82, 2.24) is 9.55 Å². The van der Waals surface area contributed by atoms with Crippen LogP contribution in [0.3, 0.4) is 0 Å². The van der Waals surface area contributed by atoms with Gasteiger partial charge in [-0.2, -0.15) is 0 Å². The molecule has 1 N–H and O–H groups in total. The van der Waals surface area contributed by atoms with Crippen molar-refractivity contribution in [2.24, 2.45) is 0 Å². The average Bonchev–Trinajstić information content (AvgIpc) is 3.20. The first-order valence-electron chi connectivity index (χ1n) is 10.5. The first kappa shape index (κ1) is 24.4. The van der Waals surface area contributed by atoms with E-state index < -0.39 is 18.1 Å². The Bertz CT molecular complexity index is 1540. The topological polar surface area (TPSA) is 100 Å². The quantitative estimate of drug-likeness (QED) is 0.362. The number of para-hydroxylation sites is 1. The Kier molecular flexibility index (Phi) is 7.35. The molecule has 0 bridgehead atoms. The Labute approximate surface area is 237 Å². The van der Waals surface area contributed by atoms with Crippen molar-refractivity contribution in [3.63, 3.8) is 0 Å². The summed E-state index contributed by atoms with van der Waals surface area (Å²) in [6.07, 6.45) is 1.50. The van der Waals surface area contributed by atoms with Crippen molar-refractivity contribution >= 4 is 33.7 Å². The predicted octanol–water partition coefficient (Wildman–Crippen LogP) is 0.737. The van der Waals surface area contributed by atoms with Crippen LogP contribution >= 0.6 is 0 Å². The van der Waals surface area contributed by atoms with Crippen LogP contribution in [0, 0.1) is 0 Å². The van der Waals surface area contributed by atoms with Crippen LogP contribution in [0.25, 0.3) is 33.2 Å². The Morgan fingerprint density at radius 3 is 2.50 bits per heavy atom. The van der Waals surface area contributed by atoms with Gasteiger partial charge in [0, 0.05) is 10.8 Å². The zero-order valence-electron chi connectivity index (χ0n) is 18.8. The van der Waals surface area contributed by atoms with Gasteiger partial charge in [0.05, 0.1) is 30.4 Å². The monoisotopic (exact) mass is 477 g/mol. The molecule has 7 nitrogen and oxygen atoms in total. The number of carbonyl (C=O) groups is 1. The van der Waals surface area contributed by atoms with Gasteiger partial charge in [-0.1, -0.05) is 54.6 Å². The molecule has 0 radical (unpaired) electrons. The van der Waals surface area contributed by atoms with Crippen molar-refractivity contribution < 1.29 is 65.7 Å². The average molecular weight is 478 g/mol. The van der Waals surface area contributed by atoms with Crippen LogP contribution in [-0.2, 0) is 11.3 Å². The zero-order valence-corrected chi connectivity index (χ0v) is 21.9. The third kappa shape index (κ3) is 4.73. The van der Waals surface area contributed by atoms with Gasteiger partial charge in [-0.15, -0.1) is 0 Å². The summed E-state index contributed by atoms with van der Waals surface area (Å²) in [5, 5.41) is 16.5. The maximum Gasteiger partial charge on any atom is 1.00 e. The van der Waals surface area contributed by atoms with E-state index in [2.05, 4.69) is 10.3 Å². The van der Waals surface area contributed by atoms with Crippen LogP contribution in [0.5, 0.6) is 0 Å². The molecule has 5 aromatic rings. The standard InChI is InChI=1S/C26H21N3O4.K/c1-16(18-11-12-23-20(13-18)19-9-5-6-10-22(19)33-23)28-25-26(32)29(15-24(30)31)21(14-27-25)17-7-3-2-4-8-17;/h2-14,16H,15H2,1H3,(H,27,28)(H,30,31);/q;+1/p-1/t16-;/m0./s1. The third-order valence-corrected chi connectivity index (χ3v) is 5.67. The molecule has 2 aromatic heterocycles. The number of anilines is 1. The Morgan fingerprint density at radius 1 is 1.03 bits per heavy atom. The third-order valence-electron chi connectivity index (χ3n) is 5.67. The fraction of sp³-hybridized carbons (Fsp3) is 0.115. The molecule has 0 amide bonds. The van der Waals surface area contributed by atoms with Gasteiger partial charge in [0.2, 0.25) is 0 Å². The smallest absolute Gasteiger partial charge is 0.548 e. The summed E-state index contributed by atoms with van der Waals surface area (Å²) in [6.45, 7) is 1.35. The molecule has 1 atom stereocenters. The van der Waals surface area contributed by atoms with E-state index in [1.807, 2.05) is 67.6 Å². The number of carbonyl (C=O) groups excluding carboxylic acids is 1. The molecule has 2 heterocycles. The van der Waals surface area contributed by atoms with Gasteiger partial charge in [-0.25, -0.2) is 4.98 Å². The van der Waals surface area contributed by atoms with Crippen LogP contribution < -0.4 is 67.4 Å². The Morgan fingerprint density at radius 2 is 1.74 bits per heavy atom. The summed E-state index contributed by atoms with van der Waals surface area (Å²) in [5.74, 6) is -1.28. The molecule has 0 saturated heterocycles. The minimum Gasteiger partial charge on any atom is -0.548 e. The molecule has 0 aliphatic carbocycles. The van der Waals surface area contributed by atoms with Crippen LogP contribution in [0.2, 0.25) is 0 Å². The second-order valence-electron chi connectivity index (χ2n) is 7.84. The number of nitrogens with one attached hydrogen (secondary N) is 1. The van der Waals surface area contributed by atoms with Crippen molar-refractivity contribution in [2.75, 3.05) is 5.32 Å². The first-order valence-corrected chi connectivity index (χ1v) is 10.5. The number of rotatable bonds is 6. The number of aliphatic carboxylic acids is 1.